The van der Waals surface area contributed by atoms with E-state index in [0.29, 0.717) is 19.3 Å². The third-order valence-corrected chi connectivity index (χ3v) is 10.5. The van der Waals surface area contributed by atoms with Gasteiger partial charge in [0.15, 0.2) is 6.10 Å². The molecular weight excluding hydrogens is 805 g/mol. The molecule has 1 atom stereocenters. The lowest BCUT2D eigenvalue weighted by atomic mass is 10.1. The van der Waals surface area contributed by atoms with Gasteiger partial charge in [-0.25, -0.2) is 0 Å². The standard InChI is InChI=1S/C59H94O6/c1-4-7-10-13-16-19-22-25-27-28-29-30-32-34-37-40-43-46-49-52-58(61)64-55-56(54-63-57(60)51-48-45-42-39-36-33-24-21-18-15-12-9-6-3)65-59(62)53-50-47-44-41-38-35-31-26-23-20-17-14-11-8-5-2/h7,9-10,12,15-16,18-21,23-25,27,29-30,34,37,43,46,56H,4-6,8,11,13-14,17,22,26,28,31-33,35-36,38-42,44-45,47-55H2,1-3H3/b10-7-,12-9-,18-15-,19-16-,23-20-,24-21-,27-25-,30-29-,37-34-,46-43-. The molecule has 0 amide bonds. The lowest BCUT2D eigenvalue weighted by Gasteiger charge is -2.18. The van der Waals surface area contributed by atoms with E-state index in [1.54, 1.807) is 0 Å². The zero-order chi connectivity index (χ0) is 47.2. The van der Waals surface area contributed by atoms with Crippen LogP contribution < -0.4 is 0 Å². The van der Waals surface area contributed by atoms with Crippen LogP contribution in [0.4, 0.5) is 0 Å². The molecule has 0 aromatic rings. The van der Waals surface area contributed by atoms with Crippen molar-refractivity contribution in [2.24, 2.45) is 0 Å². The van der Waals surface area contributed by atoms with Crippen LogP contribution in [0.3, 0.4) is 0 Å². The highest BCUT2D eigenvalue weighted by atomic mass is 16.6. The summed E-state index contributed by atoms with van der Waals surface area (Å²) in [5.74, 6) is -1.03. The first kappa shape index (κ1) is 60.8. The average molecular weight is 899 g/mol. The van der Waals surface area contributed by atoms with E-state index < -0.39 is 6.10 Å². The van der Waals surface area contributed by atoms with Gasteiger partial charge in [-0.15, -0.1) is 0 Å². The average Bonchev–Trinajstić information content (AvgIpc) is 3.30. The molecule has 0 fully saturated rings. The fourth-order valence-electron chi connectivity index (χ4n) is 6.64. The molecule has 0 bridgehead atoms. The van der Waals surface area contributed by atoms with E-state index in [1.165, 1.54) is 64.2 Å². The Labute approximate surface area is 399 Å². The van der Waals surface area contributed by atoms with Gasteiger partial charge in [-0.1, -0.05) is 213 Å². The molecule has 0 aliphatic carbocycles. The fourth-order valence-corrected chi connectivity index (χ4v) is 6.64. The molecule has 6 heteroatoms. The van der Waals surface area contributed by atoms with Gasteiger partial charge in [-0.2, -0.15) is 0 Å². The maximum atomic E-state index is 12.8. The predicted octanol–water partition coefficient (Wildman–Crippen LogP) is 17.3. The van der Waals surface area contributed by atoms with Crippen LogP contribution in [0.1, 0.15) is 213 Å². The summed E-state index contributed by atoms with van der Waals surface area (Å²) in [6, 6.07) is 0. The van der Waals surface area contributed by atoms with E-state index in [4.69, 9.17) is 14.2 Å². The fraction of sp³-hybridized carbons (Fsp3) is 0.610. The zero-order valence-corrected chi connectivity index (χ0v) is 41.7. The van der Waals surface area contributed by atoms with Gasteiger partial charge in [0.2, 0.25) is 0 Å². The van der Waals surface area contributed by atoms with E-state index in [9.17, 15) is 14.4 Å². The van der Waals surface area contributed by atoms with Gasteiger partial charge < -0.3 is 14.2 Å². The molecule has 0 saturated carbocycles. The number of allylic oxidation sites excluding steroid dienone is 20. The molecule has 0 spiro atoms. The first-order valence-corrected chi connectivity index (χ1v) is 26.1. The molecule has 0 radical (unpaired) electrons. The smallest absolute Gasteiger partial charge is 0.306 e. The molecule has 0 N–H and O–H groups in total. The highest BCUT2D eigenvalue weighted by Crippen LogP contribution is 2.13. The topological polar surface area (TPSA) is 78.9 Å². The molecular formula is C59H94O6. The number of rotatable bonds is 45. The molecule has 0 rings (SSSR count). The maximum absolute atomic E-state index is 12.8. The lowest BCUT2D eigenvalue weighted by molar-refractivity contribution is -0.166. The summed E-state index contributed by atoms with van der Waals surface area (Å²) in [4.78, 5) is 38.0. The third-order valence-electron chi connectivity index (χ3n) is 10.5. The molecule has 65 heavy (non-hydrogen) atoms. The number of unbranched alkanes of at least 4 members (excludes halogenated alkanes) is 16. The van der Waals surface area contributed by atoms with Crippen molar-refractivity contribution in [1.82, 2.24) is 0 Å². The summed E-state index contributed by atoms with van der Waals surface area (Å²) in [5, 5.41) is 0. The minimum absolute atomic E-state index is 0.117. The Balaban J connectivity index is 4.55. The second-order valence-electron chi connectivity index (χ2n) is 16.7. The van der Waals surface area contributed by atoms with Crippen LogP contribution in [0, 0.1) is 0 Å². The largest absolute Gasteiger partial charge is 0.462 e. The number of esters is 3. The number of carbonyl (C=O) groups excluding carboxylic acids is 3. The minimum atomic E-state index is -0.822. The zero-order valence-electron chi connectivity index (χ0n) is 41.7. The summed E-state index contributed by atoms with van der Waals surface area (Å²) in [7, 11) is 0. The third kappa shape index (κ3) is 50.7. The Morgan fingerprint density at radius 2 is 0.708 bits per heavy atom. The molecule has 6 nitrogen and oxygen atoms in total. The van der Waals surface area contributed by atoms with E-state index in [2.05, 4.69) is 130 Å². The van der Waals surface area contributed by atoms with Crippen molar-refractivity contribution < 1.29 is 28.6 Å². The molecule has 0 aliphatic heterocycles. The van der Waals surface area contributed by atoms with Crippen LogP contribution >= 0.6 is 0 Å². The Morgan fingerprint density at radius 3 is 1.20 bits per heavy atom. The summed E-state index contributed by atoms with van der Waals surface area (Å²) in [6.07, 6.45) is 71.9. The number of hydrogen-bond acceptors (Lipinski definition) is 6. The summed E-state index contributed by atoms with van der Waals surface area (Å²) >= 11 is 0. The van der Waals surface area contributed by atoms with Crippen molar-refractivity contribution in [3.63, 3.8) is 0 Å². The Kier molecular flexibility index (Phi) is 49.1. The monoisotopic (exact) mass is 899 g/mol. The second kappa shape index (κ2) is 52.4. The Morgan fingerprint density at radius 1 is 0.338 bits per heavy atom. The Hall–Kier alpha value is -4.19. The number of hydrogen-bond donors (Lipinski definition) is 0. The molecule has 0 heterocycles. The summed E-state index contributed by atoms with van der Waals surface area (Å²) < 4.78 is 16.7. The van der Waals surface area contributed by atoms with E-state index >= 15 is 0 Å². The SMILES string of the molecule is CC\C=C/C=C\C=C/CCCCCCCC(=O)OCC(COC(=O)CC/C=C\C/C=C\C/C=C\C/C=C\C/C=C\C/C=C\CC)OC(=O)CCCCCCCCC/C=C\CCCCCC. The number of carbonyl (C=O) groups is 3. The number of ether oxygens (including phenoxy) is 3. The van der Waals surface area contributed by atoms with Gasteiger partial charge in [-0.3, -0.25) is 14.4 Å². The van der Waals surface area contributed by atoms with Crippen molar-refractivity contribution >= 4 is 17.9 Å². The second-order valence-corrected chi connectivity index (χ2v) is 16.7. The van der Waals surface area contributed by atoms with Crippen LogP contribution in [0.15, 0.2) is 122 Å². The maximum Gasteiger partial charge on any atom is 0.306 e. The van der Waals surface area contributed by atoms with Crippen LogP contribution in [0.25, 0.3) is 0 Å². The van der Waals surface area contributed by atoms with Crippen LogP contribution in [0.5, 0.6) is 0 Å². The molecule has 0 aliphatic rings. The highest BCUT2D eigenvalue weighted by molar-refractivity contribution is 5.71. The van der Waals surface area contributed by atoms with Gasteiger partial charge in [0.1, 0.15) is 13.2 Å². The van der Waals surface area contributed by atoms with Crippen molar-refractivity contribution in [1.29, 1.82) is 0 Å². The van der Waals surface area contributed by atoms with Crippen LogP contribution in [0.2, 0.25) is 0 Å². The molecule has 0 saturated heterocycles. The normalized spacial score (nSPS) is 13.1. The highest BCUT2D eigenvalue weighted by Gasteiger charge is 2.19. The van der Waals surface area contributed by atoms with Crippen LogP contribution in [-0.2, 0) is 28.6 Å². The van der Waals surface area contributed by atoms with E-state index in [-0.39, 0.29) is 37.5 Å². The van der Waals surface area contributed by atoms with Crippen molar-refractivity contribution in [2.75, 3.05) is 13.2 Å². The first-order valence-electron chi connectivity index (χ1n) is 26.1. The molecule has 1 unspecified atom stereocenters. The van der Waals surface area contributed by atoms with Gasteiger partial charge >= 0.3 is 17.9 Å². The van der Waals surface area contributed by atoms with E-state index in [1.807, 2.05) is 12.2 Å². The quantitative estimate of drug-likeness (QED) is 0.0199. The van der Waals surface area contributed by atoms with Gasteiger partial charge in [0.25, 0.3) is 0 Å². The summed E-state index contributed by atoms with van der Waals surface area (Å²) in [6.45, 7) is 6.27. The van der Waals surface area contributed by atoms with Crippen LogP contribution in [-0.4, -0.2) is 37.2 Å². The van der Waals surface area contributed by atoms with Gasteiger partial charge in [0, 0.05) is 19.3 Å². The molecule has 366 valence electrons. The van der Waals surface area contributed by atoms with Gasteiger partial charge in [-0.05, 0) is 103 Å². The minimum Gasteiger partial charge on any atom is -0.462 e. The molecule has 0 aromatic carbocycles. The lowest BCUT2D eigenvalue weighted by Crippen LogP contribution is -2.30. The molecule has 0 aromatic heterocycles. The van der Waals surface area contributed by atoms with Gasteiger partial charge in [0.05, 0.1) is 0 Å². The van der Waals surface area contributed by atoms with Crippen molar-refractivity contribution in [2.45, 2.75) is 219 Å². The first-order chi connectivity index (χ1) is 32.0. The van der Waals surface area contributed by atoms with Crippen molar-refractivity contribution in [3.8, 4) is 0 Å². The van der Waals surface area contributed by atoms with E-state index in [0.717, 1.165) is 103 Å². The Bertz CT molecular complexity index is 1400. The van der Waals surface area contributed by atoms with Crippen molar-refractivity contribution in [3.05, 3.63) is 122 Å². The summed E-state index contributed by atoms with van der Waals surface area (Å²) in [5.41, 5.74) is 0. The predicted molar refractivity (Wildman–Crippen MR) is 279 cm³/mol.